The van der Waals surface area contributed by atoms with Gasteiger partial charge in [-0.3, -0.25) is 16.0 Å². The van der Waals surface area contributed by atoms with E-state index < -0.39 is 25.5 Å². The van der Waals surface area contributed by atoms with Crippen LogP contribution in [-0.4, -0.2) is 20.4 Å². The zero-order valence-corrected chi connectivity index (χ0v) is 9.11. The highest BCUT2D eigenvalue weighted by Gasteiger charge is 2.24. The van der Waals surface area contributed by atoms with E-state index in [9.17, 15) is 18.5 Å². The number of nitrogens with zero attached hydrogens (tertiary/aromatic N) is 1. The second-order valence-corrected chi connectivity index (χ2v) is 4.65. The summed E-state index contributed by atoms with van der Waals surface area (Å²) in [5, 5.41) is 10.7. The quantitative estimate of drug-likeness (QED) is 0.383. The molecule has 0 fully saturated rings. The van der Waals surface area contributed by atoms with Crippen molar-refractivity contribution in [1.82, 2.24) is 4.72 Å². The minimum atomic E-state index is -3.86. The molecule has 0 amide bonds. The summed E-state index contributed by atoms with van der Waals surface area (Å²) in [5.41, 5.74) is 1.91. The van der Waals surface area contributed by atoms with Crippen LogP contribution in [0, 0.1) is 10.1 Å². The van der Waals surface area contributed by atoms with Gasteiger partial charge in [-0.15, -0.1) is 0 Å². The number of nitro groups is 1. The first-order chi connectivity index (χ1) is 7.42. The fourth-order valence-corrected chi connectivity index (χ4v) is 1.96. The first-order valence-corrected chi connectivity index (χ1v) is 5.59. The summed E-state index contributed by atoms with van der Waals surface area (Å²) in [6.45, 7) is 0. The fourth-order valence-electron chi connectivity index (χ4n) is 1.09. The van der Waals surface area contributed by atoms with Gasteiger partial charge in [0.2, 0.25) is 10.0 Å². The SMILES string of the molecule is CNS(=O)(=O)c1ccc(NN)cc1[N+](=O)[O-]. The number of hydrogen-bond donors (Lipinski definition) is 3. The van der Waals surface area contributed by atoms with Gasteiger partial charge in [0.05, 0.1) is 10.6 Å². The Kier molecular flexibility index (Phi) is 3.42. The van der Waals surface area contributed by atoms with Gasteiger partial charge < -0.3 is 5.43 Å². The molecule has 0 atom stereocenters. The third-order valence-corrected chi connectivity index (χ3v) is 3.34. The number of nitrogen functional groups attached to an aromatic ring is 1. The van der Waals surface area contributed by atoms with Gasteiger partial charge in [-0.05, 0) is 19.2 Å². The van der Waals surface area contributed by atoms with Gasteiger partial charge in [0.25, 0.3) is 5.69 Å². The van der Waals surface area contributed by atoms with E-state index in [2.05, 4.69) is 5.43 Å². The lowest BCUT2D eigenvalue weighted by Gasteiger charge is -2.05. The van der Waals surface area contributed by atoms with Gasteiger partial charge in [-0.1, -0.05) is 0 Å². The summed E-state index contributed by atoms with van der Waals surface area (Å²) in [6, 6.07) is 3.49. The molecule has 1 rings (SSSR count). The molecule has 0 aromatic heterocycles. The second kappa shape index (κ2) is 4.43. The van der Waals surface area contributed by atoms with Crippen molar-refractivity contribution in [1.29, 1.82) is 0 Å². The number of benzene rings is 1. The molecule has 4 N–H and O–H groups in total. The average molecular weight is 246 g/mol. The van der Waals surface area contributed by atoms with Gasteiger partial charge in [-0.25, -0.2) is 13.1 Å². The van der Waals surface area contributed by atoms with E-state index in [0.29, 0.717) is 0 Å². The van der Waals surface area contributed by atoms with Gasteiger partial charge in [0.1, 0.15) is 0 Å². The number of nitro benzene ring substituents is 1. The molecule has 0 aliphatic carbocycles. The third kappa shape index (κ3) is 2.27. The molecule has 1 aromatic carbocycles. The number of hydrogen-bond acceptors (Lipinski definition) is 6. The number of anilines is 1. The van der Waals surface area contributed by atoms with Crippen molar-refractivity contribution >= 4 is 21.4 Å². The van der Waals surface area contributed by atoms with Crippen LogP contribution in [0.1, 0.15) is 0 Å². The lowest BCUT2D eigenvalue weighted by Crippen LogP contribution is -2.20. The number of nitrogens with one attached hydrogen (secondary N) is 2. The molecule has 0 heterocycles. The van der Waals surface area contributed by atoms with Crippen LogP contribution in [0.25, 0.3) is 0 Å². The first kappa shape index (κ1) is 12.4. The molecule has 0 radical (unpaired) electrons. The van der Waals surface area contributed by atoms with Crippen LogP contribution in [0.3, 0.4) is 0 Å². The van der Waals surface area contributed by atoms with Crippen molar-refractivity contribution in [2.75, 3.05) is 12.5 Å². The first-order valence-electron chi connectivity index (χ1n) is 4.11. The molecule has 0 spiro atoms. The molecule has 0 saturated heterocycles. The predicted molar refractivity (Wildman–Crippen MR) is 57.2 cm³/mol. The van der Waals surface area contributed by atoms with E-state index in [0.717, 1.165) is 12.1 Å². The van der Waals surface area contributed by atoms with Crippen LogP contribution in [0.5, 0.6) is 0 Å². The predicted octanol–water partition coefficient (Wildman–Crippen LogP) is -0.211. The van der Waals surface area contributed by atoms with Gasteiger partial charge in [0.15, 0.2) is 4.90 Å². The van der Waals surface area contributed by atoms with Crippen molar-refractivity contribution in [2.45, 2.75) is 4.90 Å². The molecule has 9 heteroatoms. The molecular formula is C7H10N4O4S. The summed E-state index contributed by atoms with van der Waals surface area (Å²) in [7, 11) is -2.68. The Morgan fingerprint density at radius 1 is 1.44 bits per heavy atom. The topological polar surface area (TPSA) is 127 Å². The van der Waals surface area contributed by atoms with E-state index in [1.54, 1.807) is 0 Å². The summed E-state index contributed by atoms with van der Waals surface area (Å²) in [5.74, 6) is 5.07. The minimum absolute atomic E-state index is 0.252. The largest absolute Gasteiger partial charge is 0.324 e. The van der Waals surface area contributed by atoms with Gasteiger partial charge in [0, 0.05) is 6.07 Å². The summed E-state index contributed by atoms with van der Waals surface area (Å²) in [6.07, 6.45) is 0. The normalized spacial score (nSPS) is 11.1. The molecule has 0 bridgehead atoms. The molecular weight excluding hydrogens is 236 g/mol. The maximum atomic E-state index is 11.5. The van der Waals surface area contributed by atoms with Crippen molar-refractivity contribution in [3.05, 3.63) is 28.3 Å². The van der Waals surface area contributed by atoms with E-state index in [1.165, 1.54) is 13.1 Å². The Morgan fingerprint density at radius 3 is 2.50 bits per heavy atom. The fraction of sp³-hybridized carbons (Fsp3) is 0.143. The maximum Gasteiger partial charge on any atom is 0.291 e. The molecule has 0 unspecified atom stereocenters. The third-order valence-electron chi connectivity index (χ3n) is 1.88. The molecule has 1 aromatic rings. The Balaban J connectivity index is 3.46. The Labute approximate surface area is 91.6 Å². The highest BCUT2D eigenvalue weighted by molar-refractivity contribution is 7.89. The van der Waals surface area contributed by atoms with Crippen molar-refractivity contribution in [3.8, 4) is 0 Å². The smallest absolute Gasteiger partial charge is 0.291 e. The van der Waals surface area contributed by atoms with Crippen LogP contribution in [0.4, 0.5) is 11.4 Å². The van der Waals surface area contributed by atoms with Gasteiger partial charge in [-0.2, -0.15) is 0 Å². The highest BCUT2D eigenvalue weighted by Crippen LogP contribution is 2.26. The number of nitrogens with two attached hydrogens (primary N) is 1. The zero-order valence-electron chi connectivity index (χ0n) is 8.30. The van der Waals surface area contributed by atoms with E-state index in [4.69, 9.17) is 5.84 Å². The Hall–Kier alpha value is -1.71. The van der Waals surface area contributed by atoms with E-state index in [1.807, 2.05) is 4.72 Å². The molecule has 0 aliphatic heterocycles. The van der Waals surface area contributed by atoms with Crippen LogP contribution in [-0.2, 0) is 10.0 Å². The maximum absolute atomic E-state index is 11.5. The van der Waals surface area contributed by atoms with Crippen LogP contribution in [0.15, 0.2) is 23.1 Å². The average Bonchev–Trinajstić information content (AvgIpc) is 2.28. The monoisotopic (exact) mass is 246 g/mol. The van der Waals surface area contributed by atoms with E-state index >= 15 is 0 Å². The molecule has 0 saturated carbocycles. The highest BCUT2D eigenvalue weighted by atomic mass is 32.2. The molecule has 16 heavy (non-hydrogen) atoms. The molecule has 0 aliphatic rings. The number of rotatable bonds is 4. The number of sulfonamides is 1. The summed E-state index contributed by atoms with van der Waals surface area (Å²) >= 11 is 0. The molecule has 88 valence electrons. The van der Waals surface area contributed by atoms with Crippen LogP contribution < -0.4 is 16.0 Å². The van der Waals surface area contributed by atoms with Gasteiger partial charge >= 0.3 is 0 Å². The van der Waals surface area contributed by atoms with Crippen molar-refractivity contribution in [2.24, 2.45) is 5.84 Å². The lowest BCUT2D eigenvalue weighted by atomic mass is 10.3. The van der Waals surface area contributed by atoms with Crippen molar-refractivity contribution in [3.63, 3.8) is 0 Å². The van der Waals surface area contributed by atoms with Crippen LogP contribution >= 0.6 is 0 Å². The van der Waals surface area contributed by atoms with Crippen LogP contribution in [0.2, 0.25) is 0 Å². The minimum Gasteiger partial charge on any atom is -0.324 e. The Morgan fingerprint density at radius 2 is 2.06 bits per heavy atom. The lowest BCUT2D eigenvalue weighted by molar-refractivity contribution is -0.387. The standard InChI is InChI=1S/C7H10N4O4S/c1-9-16(14,15)7-3-2-5(10-8)4-6(7)11(12)13/h2-4,9-10H,8H2,1H3. The van der Waals surface area contributed by atoms with E-state index in [-0.39, 0.29) is 5.69 Å². The summed E-state index contributed by atoms with van der Waals surface area (Å²) in [4.78, 5) is 9.51. The second-order valence-electron chi connectivity index (χ2n) is 2.79. The Bertz CT molecular complexity index is 513. The molecule has 8 nitrogen and oxygen atoms in total. The zero-order chi connectivity index (χ0) is 12.3. The summed E-state index contributed by atoms with van der Waals surface area (Å²) < 4.78 is 24.9. The van der Waals surface area contributed by atoms with Crippen molar-refractivity contribution < 1.29 is 13.3 Å². The number of hydrazine groups is 1.